The van der Waals surface area contributed by atoms with E-state index in [-0.39, 0.29) is 0 Å². The number of imidazole rings is 1. The molecule has 4 rings (SSSR count). The smallest absolute Gasteiger partial charge is 0.154 e. The minimum atomic E-state index is 0.857. The van der Waals surface area contributed by atoms with Crippen LogP contribution >= 0.6 is 11.3 Å². The van der Waals surface area contributed by atoms with Gasteiger partial charge in [-0.25, -0.2) is 9.97 Å². The van der Waals surface area contributed by atoms with Gasteiger partial charge >= 0.3 is 0 Å². The maximum atomic E-state index is 5.02. The molecule has 3 heterocycles. The maximum Gasteiger partial charge on any atom is 0.154 e. The number of anilines is 1. The minimum absolute atomic E-state index is 0.857. The van der Waals surface area contributed by atoms with E-state index in [1.165, 1.54) is 17.7 Å². The van der Waals surface area contributed by atoms with Gasteiger partial charge in [0.2, 0.25) is 0 Å². The zero-order valence-electron chi connectivity index (χ0n) is 16.3. The standard InChI is InChI=1S/C23H26N4S/c1-2-3-7-16-27-20-13-15-25-22(24-14-12-19-11-8-17-28-19)21(20)26-23(27)18-9-5-4-6-10-18/h4-6,8-11,13,15,17H,2-3,7,12,14,16H2,1H3,(H,24,25). The van der Waals surface area contributed by atoms with Crippen molar-refractivity contribution in [2.45, 2.75) is 39.2 Å². The Balaban J connectivity index is 1.66. The first-order chi connectivity index (χ1) is 13.9. The van der Waals surface area contributed by atoms with Gasteiger partial charge in [-0.15, -0.1) is 11.3 Å². The predicted molar refractivity (Wildman–Crippen MR) is 119 cm³/mol. The van der Waals surface area contributed by atoms with Crippen molar-refractivity contribution < 1.29 is 0 Å². The van der Waals surface area contributed by atoms with Crippen LogP contribution in [0.2, 0.25) is 0 Å². The molecule has 3 aromatic heterocycles. The molecule has 28 heavy (non-hydrogen) atoms. The molecule has 4 aromatic rings. The van der Waals surface area contributed by atoms with Crippen molar-refractivity contribution in [1.29, 1.82) is 0 Å². The molecule has 0 fully saturated rings. The fourth-order valence-corrected chi connectivity index (χ4v) is 4.20. The van der Waals surface area contributed by atoms with Crippen LogP contribution in [0.1, 0.15) is 31.1 Å². The molecule has 0 amide bonds. The first-order valence-electron chi connectivity index (χ1n) is 10.0. The highest BCUT2D eigenvalue weighted by Crippen LogP contribution is 2.28. The summed E-state index contributed by atoms with van der Waals surface area (Å²) in [7, 11) is 0. The second-order valence-corrected chi connectivity index (χ2v) is 7.98. The van der Waals surface area contributed by atoms with Crippen molar-refractivity contribution >= 4 is 28.2 Å². The Morgan fingerprint density at radius 1 is 1.04 bits per heavy atom. The Labute approximate surface area is 170 Å². The third kappa shape index (κ3) is 4.09. The molecule has 0 atom stereocenters. The molecule has 4 nitrogen and oxygen atoms in total. The summed E-state index contributed by atoms with van der Waals surface area (Å²) in [6.45, 7) is 4.08. The highest BCUT2D eigenvalue weighted by Gasteiger charge is 2.15. The van der Waals surface area contributed by atoms with E-state index >= 15 is 0 Å². The quantitative estimate of drug-likeness (QED) is 0.356. The Kier molecular flexibility index (Phi) is 6.02. The predicted octanol–water partition coefficient (Wildman–Crippen LogP) is 6.00. The normalized spacial score (nSPS) is 11.2. The molecule has 0 saturated carbocycles. The lowest BCUT2D eigenvalue weighted by molar-refractivity contribution is 0.617. The topological polar surface area (TPSA) is 42.7 Å². The second-order valence-electron chi connectivity index (χ2n) is 6.94. The van der Waals surface area contributed by atoms with E-state index in [0.717, 1.165) is 54.2 Å². The van der Waals surface area contributed by atoms with Gasteiger partial charge in [0.15, 0.2) is 5.82 Å². The number of unbranched alkanes of at least 4 members (excludes halogenated alkanes) is 2. The van der Waals surface area contributed by atoms with Gasteiger partial charge in [-0.3, -0.25) is 0 Å². The summed E-state index contributed by atoms with van der Waals surface area (Å²) < 4.78 is 2.35. The summed E-state index contributed by atoms with van der Waals surface area (Å²) >= 11 is 1.80. The van der Waals surface area contributed by atoms with E-state index in [4.69, 9.17) is 4.98 Å². The van der Waals surface area contributed by atoms with Crippen molar-refractivity contribution in [1.82, 2.24) is 14.5 Å². The molecule has 1 N–H and O–H groups in total. The molecule has 0 unspecified atom stereocenters. The number of aromatic nitrogens is 3. The Morgan fingerprint density at radius 3 is 2.71 bits per heavy atom. The fraction of sp³-hybridized carbons (Fsp3) is 0.304. The number of rotatable bonds is 9. The monoisotopic (exact) mass is 390 g/mol. The van der Waals surface area contributed by atoms with Gasteiger partial charge in [0.25, 0.3) is 0 Å². The van der Waals surface area contributed by atoms with Crippen LogP contribution in [-0.2, 0) is 13.0 Å². The summed E-state index contributed by atoms with van der Waals surface area (Å²) in [6.07, 6.45) is 6.49. The molecule has 144 valence electrons. The Bertz CT molecular complexity index is 1010. The van der Waals surface area contributed by atoms with E-state index in [0.29, 0.717) is 0 Å². The summed E-state index contributed by atoms with van der Waals surface area (Å²) in [5, 5.41) is 5.63. The van der Waals surface area contributed by atoms with E-state index < -0.39 is 0 Å². The van der Waals surface area contributed by atoms with Crippen LogP contribution in [0.15, 0.2) is 60.1 Å². The molecule has 0 saturated heterocycles. The van der Waals surface area contributed by atoms with E-state index in [2.05, 4.69) is 69.6 Å². The van der Waals surface area contributed by atoms with Crippen LogP contribution in [0.4, 0.5) is 5.82 Å². The molecule has 0 spiro atoms. The van der Waals surface area contributed by atoms with Crippen LogP contribution in [0, 0.1) is 0 Å². The molecule has 5 heteroatoms. The highest BCUT2D eigenvalue weighted by molar-refractivity contribution is 7.09. The summed E-state index contributed by atoms with van der Waals surface area (Å²) in [4.78, 5) is 11.0. The Hall–Kier alpha value is -2.66. The van der Waals surface area contributed by atoms with Crippen LogP contribution in [-0.4, -0.2) is 21.1 Å². The molecule has 0 bridgehead atoms. The number of benzene rings is 1. The SMILES string of the molecule is CCCCCn1c(-c2ccccc2)nc2c(NCCc3cccs3)nccc21. The maximum absolute atomic E-state index is 5.02. The zero-order chi connectivity index (χ0) is 19.2. The van der Waals surface area contributed by atoms with Gasteiger partial charge in [-0.2, -0.15) is 0 Å². The van der Waals surface area contributed by atoms with Gasteiger partial charge < -0.3 is 9.88 Å². The fourth-order valence-electron chi connectivity index (χ4n) is 3.49. The van der Waals surface area contributed by atoms with Crippen molar-refractivity contribution in [3.05, 3.63) is 65.0 Å². The molecule has 0 aliphatic rings. The summed E-state index contributed by atoms with van der Waals surface area (Å²) in [5.41, 5.74) is 3.27. The number of nitrogens with zero attached hydrogens (tertiary/aromatic N) is 3. The lowest BCUT2D eigenvalue weighted by Crippen LogP contribution is -2.06. The van der Waals surface area contributed by atoms with E-state index in [1.807, 2.05) is 12.3 Å². The first-order valence-corrected chi connectivity index (χ1v) is 10.9. The van der Waals surface area contributed by atoms with Gasteiger partial charge in [-0.05, 0) is 30.4 Å². The molecular formula is C23H26N4S. The van der Waals surface area contributed by atoms with Crippen molar-refractivity contribution in [3.63, 3.8) is 0 Å². The first kappa shape index (κ1) is 18.7. The average Bonchev–Trinajstić information content (AvgIpc) is 3.37. The van der Waals surface area contributed by atoms with Crippen molar-refractivity contribution in [2.75, 3.05) is 11.9 Å². The number of thiophene rings is 1. The third-order valence-electron chi connectivity index (χ3n) is 4.93. The van der Waals surface area contributed by atoms with Gasteiger partial charge in [0.1, 0.15) is 11.3 Å². The van der Waals surface area contributed by atoms with Crippen LogP contribution in [0.25, 0.3) is 22.4 Å². The average molecular weight is 391 g/mol. The number of hydrogen-bond donors (Lipinski definition) is 1. The molecule has 1 aromatic carbocycles. The molecule has 0 aliphatic carbocycles. The van der Waals surface area contributed by atoms with Crippen molar-refractivity contribution in [3.8, 4) is 11.4 Å². The number of fused-ring (bicyclic) bond motifs is 1. The van der Waals surface area contributed by atoms with Crippen molar-refractivity contribution in [2.24, 2.45) is 0 Å². The van der Waals surface area contributed by atoms with Gasteiger partial charge in [0, 0.05) is 29.7 Å². The number of aryl methyl sites for hydroxylation is 1. The highest BCUT2D eigenvalue weighted by atomic mass is 32.1. The lowest BCUT2D eigenvalue weighted by atomic mass is 10.2. The molecular weight excluding hydrogens is 364 g/mol. The lowest BCUT2D eigenvalue weighted by Gasteiger charge is -2.09. The summed E-state index contributed by atoms with van der Waals surface area (Å²) in [5.74, 6) is 1.90. The summed E-state index contributed by atoms with van der Waals surface area (Å²) in [6, 6.07) is 16.8. The van der Waals surface area contributed by atoms with Gasteiger partial charge in [0.05, 0.1) is 5.52 Å². The van der Waals surface area contributed by atoms with Crippen LogP contribution in [0.3, 0.4) is 0 Å². The Morgan fingerprint density at radius 2 is 1.93 bits per heavy atom. The molecule has 0 radical (unpaired) electrons. The molecule has 0 aliphatic heterocycles. The number of pyridine rings is 1. The third-order valence-corrected chi connectivity index (χ3v) is 5.86. The van der Waals surface area contributed by atoms with Crippen LogP contribution in [0.5, 0.6) is 0 Å². The zero-order valence-corrected chi connectivity index (χ0v) is 17.1. The van der Waals surface area contributed by atoms with E-state index in [9.17, 15) is 0 Å². The number of hydrogen-bond acceptors (Lipinski definition) is 4. The second kappa shape index (κ2) is 9.02. The van der Waals surface area contributed by atoms with Gasteiger partial charge in [-0.1, -0.05) is 56.2 Å². The van der Waals surface area contributed by atoms with Crippen LogP contribution < -0.4 is 5.32 Å². The minimum Gasteiger partial charge on any atom is -0.368 e. The number of nitrogens with one attached hydrogen (secondary N) is 1. The van der Waals surface area contributed by atoms with E-state index in [1.54, 1.807) is 11.3 Å². The largest absolute Gasteiger partial charge is 0.368 e.